The van der Waals surface area contributed by atoms with E-state index in [1.165, 1.54) is 0 Å². The highest BCUT2D eigenvalue weighted by atomic mass is 16.5. The zero-order chi connectivity index (χ0) is 13.2. The number of ether oxygens (including phenoxy) is 1. The minimum atomic E-state index is -0.389. The zero-order valence-corrected chi connectivity index (χ0v) is 11.6. The molecule has 0 amide bonds. The van der Waals surface area contributed by atoms with E-state index in [-0.39, 0.29) is 17.2 Å². The number of rotatable bonds is 5. The van der Waals surface area contributed by atoms with Gasteiger partial charge in [-0.25, -0.2) is 0 Å². The molecule has 96 valence electrons. The van der Waals surface area contributed by atoms with Gasteiger partial charge in [-0.05, 0) is 20.3 Å². The lowest BCUT2D eigenvalue weighted by Gasteiger charge is -2.22. The molecular formula is C13H22N2O2. The molecule has 4 heteroatoms. The van der Waals surface area contributed by atoms with E-state index in [0.717, 1.165) is 6.42 Å². The monoisotopic (exact) mass is 238 g/mol. The van der Waals surface area contributed by atoms with Gasteiger partial charge in [0.1, 0.15) is 5.69 Å². The molecule has 0 aromatic carbocycles. The number of ketones is 1. The summed E-state index contributed by atoms with van der Waals surface area (Å²) in [6.07, 6.45) is 2.40. The van der Waals surface area contributed by atoms with Crippen LogP contribution in [0.25, 0.3) is 0 Å². The van der Waals surface area contributed by atoms with Crippen LogP contribution in [0, 0.1) is 5.41 Å². The summed E-state index contributed by atoms with van der Waals surface area (Å²) in [4.78, 5) is 12.5. The summed E-state index contributed by atoms with van der Waals surface area (Å²) in [5.74, 6) is 0.647. The molecular weight excluding hydrogens is 216 g/mol. The van der Waals surface area contributed by atoms with E-state index >= 15 is 0 Å². The third kappa shape index (κ3) is 2.51. The minimum Gasteiger partial charge on any atom is -0.493 e. The fourth-order valence-electron chi connectivity index (χ4n) is 1.58. The van der Waals surface area contributed by atoms with Crippen LogP contribution >= 0.6 is 0 Å². The number of hydrogen-bond acceptors (Lipinski definition) is 3. The van der Waals surface area contributed by atoms with Gasteiger partial charge in [0.25, 0.3) is 0 Å². The molecule has 0 bridgehead atoms. The van der Waals surface area contributed by atoms with E-state index in [0.29, 0.717) is 11.4 Å². The highest BCUT2D eigenvalue weighted by Crippen LogP contribution is 2.31. The molecule has 0 atom stereocenters. The lowest BCUT2D eigenvalue weighted by molar-refractivity contribution is 0.0815. The van der Waals surface area contributed by atoms with Crippen LogP contribution in [-0.2, 0) is 0 Å². The first-order valence-corrected chi connectivity index (χ1v) is 6.01. The average Bonchev–Trinajstić information content (AvgIpc) is 2.71. The molecule has 0 saturated heterocycles. The SMILES string of the molecule is CCC(C)(C)C(=O)c1c(OC)cnn1C(C)C. The van der Waals surface area contributed by atoms with Crippen LogP contribution in [0.2, 0.25) is 0 Å². The highest BCUT2D eigenvalue weighted by molar-refractivity contribution is 6.00. The molecule has 0 N–H and O–H groups in total. The van der Waals surface area contributed by atoms with Gasteiger partial charge in [0.05, 0.1) is 13.3 Å². The molecule has 1 rings (SSSR count). The van der Waals surface area contributed by atoms with Crippen LogP contribution in [-0.4, -0.2) is 22.7 Å². The standard InChI is InChI=1S/C13H22N2O2/c1-7-13(4,5)12(16)11-10(17-6)8-14-15(11)9(2)3/h8-9H,7H2,1-6H3. The summed E-state index contributed by atoms with van der Waals surface area (Å²) in [7, 11) is 1.57. The van der Waals surface area contributed by atoms with E-state index in [2.05, 4.69) is 5.10 Å². The quantitative estimate of drug-likeness (QED) is 0.740. The van der Waals surface area contributed by atoms with Gasteiger partial charge in [0.15, 0.2) is 11.5 Å². The minimum absolute atomic E-state index is 0.0862. The Labute approximate surface area is 103 Å². The van der Waals surface area contributed by atoms with Crippen molar-refractivity contribution in [3.05, 3.63) is 11.9 Å². The van der Waals surface area contributed by atoms with Crippen molar-refractivity contribution in [1.29, 1.82) is 0 Å². The lowest BCUT2D eigenvalue weighted by Crippen LogP contribution is -2.27. The molecule has 0 aliphatic rings. The summed E-state index contributed by atoms with van der Waals surface area (Å²) in [6.45, 7) is 9.92. The van der Waals surface area contributed by atoms with Crippen LogP contribution in [0.4, 0.5) is 0 Å². The van der Waals surface area contributed by atoms with Crippen molar-refractivity contribution in [3.63, 3.8) is 0 Å². The predicted octanol–water partition coefficient (Wildman–Crippen LogP) is 3.09. The molecule has 0 spiro atoms. The predicted molar refractivity (Wildman–Crippen MR) is 67.6 cm³/mol. The van der Waals surface area contributed by atoms with Crippen molar-refractivity contribution in [2.45, 2.75) is 47.1 Å². The first-order chi connectivity index (χ1) is 7.85. The lowest BCUT2D eigenvalue weighted by atomic mass is 9.83. The first kappa shape index (κ1) is 13.7. The molecule has 17 heavy (non-hydrogen) atoms. The molecule has 0 fully saturated rings. The second kappa shape index (κ2) is 4.90. The molecule has 0 aliphatic heterocycles. The summed E-state index contributed by atoms with van der Waals surface area (Å²) in [6, 6.07) is 0.144. The maximum Gasteiger partial charge on any atom is 0.190 e. The molecule has 0 saturated carbocycles. The second-order valence-corrected chi connectivity index (χ2v) is 5.17. The van der Waals surface area contributed by atoms with E-state index < -0.39 is 0 Å². The van der Waals surface area contributed by atoms with Crippen LogP contribution < -0.4 is 4.74 Å². The van der Waals surface area contributed by atoms with Crippen molar-refractivity contribution in [2.75, 3.05) is 7.11 Å². The Balaban J connectivity index is 3.28. The average molecular weight is 238 g/mol. The van der Waals surface area contributed by atoms with E-state index in [9.17, 15) is 4.79 Å². The largest absolute Gasteiger partial charge is 0.493 e. The van der Waals surface area contributed by atoms with Gasteiger partial charge >= 0.3 is 0 Å². The van der Waals surface area contributed by atoms with E-state index in [4.69, 9.17) is 4.74 Å². The smallest absolute Gasteiger partial charge is 0.190 e. The number of Topliss-reactive ketones (excluding diaryl/α,β-unsaturated/α-hetero) is 1. The fraction of sp³-hybridized carbons (Fsp3) is 0.692. The third-order valence-electron chi connectivity index (χ3n) is 3.18. The molecule has 4 nitrogen and oxygen atoms in total. The Bertz CT molecular complexity index is 406. The maximum atomic E-state index is 12.5. The molecule has 0 aliphatic carbocycles. The van der Waals surface area contributed by atoms with Crippen molar-refractivity contribution >= 4 is 5.78 Å². The Morgan fingerprint density at radius 2 is 2.12 bits per heavy atom. The van der Waals surface area contributed by atoms with Crippen molar-refractivity contribution in [2.24, 2.45) is 5.41 Å². The van der Waals surface area contributed by atoms with E-state index in [1.807, 2.05) is 34.6 Å². The summed E-state index contributed by atoms with van der Waals surface area (Å²) in [5, 5.41) is 4.23. The topological polar surface area (TPSA) is 44.1 Å². The second-order valence-electron chi connectivity index (χ2n) is 5.17. The first-order valence-electron chi connectivity index (χ1n) is 6.01. The Kier molecular flexibility index (Phi) is 3.96. The van der Waals surface area contributed by atoms with Crippen LogP contribution in [0.5, 0.6) is 5.75 Å². The normalized spacial score (nSPS) is 11.9. The van der Waals surface area contributed by atoms with Gasteiger partial charge in [-0.3, -0.25) is 9.48 Å². The van der Waals surface area contributed by atoms with Gasteiger partial charge in [-0.2, -0.15) is 5.10 Å². The summed E-state index contributed by atoms with van der Waals surface area (Å²) in [5.41, 5.74) is 0.189. The molecule has 1 heterocycles. The maximum absolute atomic E-state index is 12.5. The molecule has 0 unspecified atom stereocenters. The zero-order valence-electron chi connectivity index (χ0n) is 11.6. The van der Waals surface area contributed by atoms with Gasteiger partial charge in [-0.1, -0.05) is 20.8 Å². The van der Waals surface area contributed by atoms with Crippen molar-refractivity contribution in [3.8, 4) is 5.75 Å². The number of methoxy groups -OCH3 is 1. The third-order valence-corrected chi connectivity index (χ3v) is 3.18. The van der Waals surface area contributed by atoms with Crippen molar-refractivity contribution in [1.82, 2.24) is 9.78 Å². The van der Waals surface area contributed by atoms with E-state index in [1.54, 1.807) is 18.0 Å². The Hall–Kier alpha value is -1.32. The molecule has 1 aromatic rings. The van der Waals surface area contributed by atoms with Crippen LogP contribution in [0.15, 0.2) is 6.20 Å². The fourth-order valence-corrected chi connectivity index (χ4v) is 1.58. The Morgan fingerprint density at radius 3 is 2.53 bits per heavy atom. The number of carbonyl (C=O) groups excluding carboxylic acids is 1. The van der Waals surface area contributed by atoms with Gasteiger partial charge in [0.2, 0.25) is 0 Å². The highest BCUT2D eigenvalue weighted by Gasteiger charge is 2.32. The number of carbonyl (C=O) groups is 1. The molecule has 0 radical (unpaired) electrons. The molecule has 1 aromatic heterocycles. The van der Waals surface area contributed by atoms with Crippen LogP contribution in [0.3, 0.4) is 0 Å². The summed E-state index contributed by atoms with van der Waals surface area (Å²) < 4.78 is 6.97. The Morgan fingerprint density at radius 1 is 1.53 bits per heavy atom. The number of hydrogen-bond donors (Lipinski definition) is 0. The number of aromatic nitrogens is 2. The van der Waals surface area contributed by atoms with Gasteiger partial charge in [-0.15, -0.1) is 0 Å². The van der Waals surface area contributed by atoms with Crippen LogP contribution in [0.1, 0.15) is 57.6 Å². The number of nitrogens with zero attached hydrogens (tertiary/aromatic N) is 2. The summed E-state index contributed by atoms with van der Waals surface area (Å²) >= 11 is 0. The van der Waals surface area contributed by atoms with Gasteiger partial charge < -0.3 is 4.74 Å². The van der Waals surface area contributed by atoms with Crippen molar-refractivity contribution < 1.29 is 9.53 Å². The van der Waals surface area contributed by atoms with Gasteiger partial charge in [0, 0.05) is 11.5 Å².